The molecular weight excluding hydrogens is 325 g/mol. The lowest BCUT2D eigenvalue weighted by Gasteiger charge is -2.26. The normalized spacial score (nSPS) is 20.7. The second-order valence-corrected chi connectivity index (χ2v) is 6.49. The average Bonchev–Trinajstić information content (AvgIpc) is 2.61. The molecular formula is C18H24FN3O3. The van der Waals surface area contributed by atoms with E-state index in [0.717, 1.165) is 45.7 Å². The lowest BCUT2D eigenvalue weighted by atomic mass is 9.89. The summed E-state index contributed by atoms with van der Waals surface area (Å²) in [5.41, 5.74) is 1.07. The summed E-state index contributed by atoms with van der Waals surface area (Å²) in [6, 6.07) is 4.15. The Labute approximate surface area is 146 Å². The van der Waals surface area contributed by atoms with E-state index in [9.17, 15) is 14.0 Å². The highest BCUT2D eigenvalue weighted by Crippen LogP contribution is 2.32. The van der Waals surface area contributed by atoms with Crippen molar-refractivity contribution in [3.8, 4) is 0 Å². The van der Waals surface area contributed by atoms with Gasteiger partial charge in [-0.25, -0.2) is 4.39 Å². The Balaban J connectivity index is 1.46. The summed E-state index contributed by atoms with van der Waals surface area (Å²) in [5.74, 6) is -1.41. The van der Waals surface area contributed by atoms with E-state index in [1.54, 1.807) is 6.07 Å². The van der Waals surface area contributed by atoms with E-state index >= 15 is 0 Å². The first-order valence-electron chi connectivity index (χ1n) is 8.80. The number of rotatable bonds is 6. The minimum absolute atomic E-state index is 0.0955. The zero-order valence-electron chi connectivity index (χ0n) is 14.2. The number of hydrogen-bond donors (Lipinski definition) is 2. The molecule has 0 aromatic heterocycles. The van der Waals surface area contributed by atoms with Crippen LogP contribution >= 0.6 is 0 Å². The number of ether oxygens (including phenoxy) is 1. The Morgan fingerprint density at radius 2 is 2.12 bits per heavy atom. The number of carbonyl (C=O) groups is 2. The number of morpholine rings is 1. The van der Waals surface area contributed by atoms with Gasteiger partial charge >= 0.3 is 0 Å². The summed E-state index contributed by atoms with van der Waals surface area (Å²) < 4.78 is 18.6. The van der Waals surface area contributed by atoms with Gasteiger partial charge in [0, 0.05) is 31.7 Å². The smallest absolute Gasteiger partial charge is 0.228 e. The Morgan fingerprint density at radius 1 is 1.32 bits per heavy atom. The highest BCUT2D eigenvalue weighted by atomic mass is 19.1. The predicted molar refractivity (Wildman–Crippen MR) is 91.9 cm³/mol. The number of nitrogens with zero attached hydrogens (tertiary/aromatic N) is 1. The summed E-state index contributed by atoms with van der Waals surface area (Å²) in [5, 5.41) is 5.53. The van der Waals surface area contributed by atoms with Crippen molar-refractivity contribution in [2.45, 2.75) is 25.2 Å². The maximum absolute atomic E-state index is 13.3. The maximum atomic E-state index is 13.3. The van der Waals surface area contributed by atoms with Gasteiger partial charge in [-0.3, -0.25) is 14.5 Å². The second kappa shape index (κ2) is 8.40. The quantitative estimate of drug-likeness (QED) is 0.763. The Morgan fingerprint density at radius 3 is 2.92 bits per heavy atom. The molecule has 1 saturated heterocycles. The maximum Gasteiger partial charge on any atom is 0.228 e. The highest BCUT2D eigenvalue weighted by Gasteiger charge is 2.30. The fourth-order valence-corrected chi connectivity index (χ4v) is 3.29. The molecule has 25 heavy (non-hydrogen) atoms. The zero-order chi connectivity index (χ0) is 17.6. The van der Waals surface area contributed by atoms with Crippen LogP contribution in [-0.4, -0.2) is 56.1 Å². The van der Waals surface area contributed by atoms with Crippen LogP contribution in [0.5, 0.6) is 0 Å². The molecule has 0 aliphatic carbocycles. The Bertz CT molecular complexity index is 632. The summed E-state index contributed by atoms with van der Waals surface area (Å²) in [6.07, 6.45) is 1.99. The van der Waals surface area contributed by atoms with Crippen molar-refractivity contribution in [2.24, 2.45) is 0 Å². The molecule has 2 amide bonds. The monoisotopic (exact) mass is 349 g/mol. The molecule has 2 aliphatic rings. The van der Waals surface area contributed by atoms with Crippen molar-refractivity contribution < 1.29 is 18.7 Å². The predicted octanol–water partition coefficient (Wildman–Crippen LogP) is 1.48. The molecule has 1 atom stereocenters. The molecule has 136 valence electrons. The summed E-state index contributed by atoms with van der Waals surface area (Å²) >= 11 is 0. The van der Waals surface area contributed by atoms with Crippen LogP contribution in [0.1, 0.15) is 30.7 Å². The number of hydrogen-bond acceptors (Lipinski definition) is 4. The molecule has 2 aliphatic heterocycles. The molecule has 0 bridgehead atoms. The molecule has 0 spiro atoms. The minimum atomic E-state index is -0.552. The summed E-state index contributed by atoms with van der Waals surface area (Å²) in [6.45, 7) is 5.11. The van der Waals surface area contributed by atoms with Crippen LogP contribution in [0.15, 0.2) is 18.2 Å². The van der Waals surface area contributed by atoms with Crippen LogP contribution in [0.2, 0.25) is 0 Å². The lowest BCUT2D eigenvalue weighted by molar-refractivity contribution is -0.126. The van der Waals surface area contributed by atoms with Gasteiger partial charge in [0.1, 0.15) is 5.82 Å². The third-order valence-electron chi connectivity index (χ3n) is 4.67. The van der Waals surface area contributed by atoms with Crippen molar-refractivity contribution in [3.05, 3.63) is 29.6 Å². The van der Waals surface area contributed by atoms with E-state index in [-0.39, 0.29) is 18.2 Å². The van der Waals surface area contributed by atoms with Gasteiger partial charge in [0.15, 0.2) is 0 Å². The van der Waals surface area contributed by atoms with Gasteiger partial charge in [0.05, 0.1) is 19.1 Å². The van der Waals surface area contributed by atoms with Gasteiger partial charge in [-0.2, -0.15) is 0 Å². The largest absolute Gasteiger partial charge is 0.379 e. The van der Waals surface area contributed by atoms with Crippen LogP contribution in [0, 0.1) is 5.82 Å². The van der Waals surface area contributed by atoms with Gasteiger partial charge in [0.25, 0.3) is 0 Å². The molecule has 0 saturated carbocycles. The average molecular weight is 349 g/mol. The Kier molecular flexibility index (Phi) is 5.99. The summed E-state index contributed by atoms with van der Waals surface area (Å²) in [7, 11) is 0. The first kappa shape index (κ1) is 17.8. The van der Waals surface area contributed by atoms with E-state index in [0.29, 0.717) is 17.8 Å². The van der Waals surface area contributed by atoms with Gasteiger partial charge in [0.2, 0.25) is 11.8 Å². The topological polar surface area (TPSA) is 70.7 Å². The van der Waals surface area contributed by atoms with Gasteiger partial charge in [-0.15, -0.1) is 0 Å². The molecule has 7 heteroatoms. The highest BCUT2D eigenvalue weighted by molar-refractivity contribution is 6.01. The first-order chi connectivity index (χ1) is 12.1. The molecule has 6 nitrogen and oxygen atoms in total. The van der Waals surface area contributed by atoms with Crippen molar-refractivity contribution in [2.75, 3.05) is 44.7 Å². The van der Waals surface area contributed by atoms with E-state index in [2.05, 4.69) is 15.5 Å². The Hall–Kier alpha value is -1.99. The molecule has 1 aromatic rings. The van der Waals surface area contributed by atoms with Crippen LogP contribution < -0.4 is 10.6 Å². The van der Waals surface area contributed by atoms with Gasteiger partial charge < -0.3 is 15.4 Å². The second-order valence-electron chi connectivity index (χ2n) is 6.49. The zero-order valence-corrected chi connectivity index (χ0v) is 14.2. The molecule has 3 rings (SSSR count). The van der Waals surface area contributed by atoms with Gasteiger partial charge in [-0.1, -0.05) is 6.07 Å². The number of carbonyl (C=O) groups excluding carboxylic acids is 2. The van der Waals surface area contributed by atoms with Crippen LogP contribution in [0.3, 0.4) is 0 Å². The SMILES string of the molecule is O=C1C[C@@H](C(=O)NCCCCN2CCOCC2)c2ccc(F)cc2N1. The molecule has 1 aromatic carbocycles. The number of unbranched alkanes of at least 4 members (excludes halogenated alkanes) is 1. The summed E-state index contributed by atoms with van der Waals surface area (Å²) in [4.78, 5) is 26.6. The van der Waals surface area contributed by atoms with Gasteiger partial charge in [-0.05, 0) is 37.1 Å². The van der Waals surface area contributed by atoms with Crippen molar-refractivity contribution in [1.82, 2.24) is 10.2 Å². The van der Waals surface area contributed by atoms with E-state index < -0.39 is 11.7 Å². The number of nitrogens with one attached hydrogen (secondary N) is 2. The standard InChI is InChI=1S/C18H24FN3O3/c19-13-3-4-14-15(12-17(23)21-16(14)11-13)18(24)20-5-1-2-6-22-7-9-25-10-8-22/h3-4,11,15H,1-2,5-10,12H2,(H,20,24)(H,21,23)/t15-/m1/s1. The van der Waals surface area contributed by atoms with Crippen LogP contribution in [0.25, 0.3) is 0 Å². The number of benzene rings is 1. The molecule has 0 radical (unpaired) electrons. The van der Waals surface area contributed by atoms with E-state index in [1.807, 2.05) is 0 Å². The lowest BCUT2D eigenvalue weighted by Crippen LogP contribution is -2.37. The van der Waals surface area contributed by atoms with Crippen molar-refractivity contribution >= 4 is 17.5 Å². The fraction of sp³-hybridized carbons (Fsp3) is 0.556. The number of anilines is 1. The third kappa shape index (κ3) is 4.76. The number of fused-ring (bicyclic) bond motifs is 1. The first-order valence-corrected chi connectivity index (χ1v) is 8.80. The molecule has 1 fully saturated rings. The molecule has 0 unspecified atom stereocenters. The molecule has 2 heterocycles. The third-order valence-corrected chi connectivity index (χ3v) is 4.67. The van der Waals surface area contributed by atoms with Crippen LogP contribution in [-0.2, 0) is 14.3 Å². The van der Waals surface area contributed by atoms with Crippen molar-refractivity contribution in [1.29, 1.82) is 0 Å². The van der Waals surface area contributed by atoms with Crippen molar-refractivity contribution in [3.63, 3.8) is 0 Å². The fourth-order valence-electron chi connectivity index (χ4n) is 3.29. The molecule has 2 N–H and O–H groups in total. The van der Waals surface area contributed by atoms with E-state index in [1.165, 1.54) is 12.1 Å². The van der Waals surface area contributed by atoms with Crippen LogP contribution in [0.4, 0.5) is 10.1 Å². The number of halogens is 1. The van der Waals surface area contributed by atoms with E-state index in [4.69, 9.17) is 4.74 Å². The number of amides is 2. The minimum Gasteiger partial charge on any atom is -0.379 e.